The first kappa shape index (κ1) is 23.5. The summed E-state index contributed by atoms with van der Waals surface area (Å²) < 4.78 is 0. The molecule has 1 unspecified atom stereocenters. The highest BCUT2D eigenvalue weighted by molar-refractivity contribution is 6.46. The summed E-state index contributed by atoms with van der Waals surface area (Å²) in [5.74, 6) is -3.10. The van der Waals surface area contributed by atoms with Crippen molar-refractivity contribution < 1.29 is 34.6 Å². The van der Waals surface area contributed by atoms with Crippen molar-refractivity contribution in [3.63, 3.8) is 0 Å². The number of aromatic hydroxyl groups is 1. The molecule has 172 valence electrons. The average molecular weight is 454 g/mol. The van der Waals surface area contributed by atoms with Crippen molar-refractivity contribution in [3.05, 3.63) is 75.3 Å². The molecule has 1 aliphatic heterocycles. The summed E-state index contributed by atoms with van der Waals surface area (Å²) in [6, 6.07) is 9.88. The molecule has 33 heavy (non-hydrogen) atoms. The average Bonchev–Trinajstić information content (AvgIpc) is 3.03. The molecule has 1 atom stereocenters. The molecule has 0 spiro atoms. The summed E-state index contributed by atoms with van der Waals surface area (Å²) in [5, 5.41) is 40.2. The summed E-state index contributed by atoms with van der Waals surface area (Å²) in [4.78, 5) is 48.0. The Bertz CT molecular complexity index is 1110. The molecule has 1 saturated heterocycles. The Morgan fingerprint density at radius 2 is 1.61 bits per heavy atom. The molecule has 1 aliphatic rings. The normalized spacial score (nSPS) is 17.3. The van der Waals surface area contributed by atoms with E-state index in [9.17, 15) is 34.7 Å². The monoisotopic (exact) mass is 454 g/mol. The zero-order chi connectivity index (χ0) is 24.1. The number of phenolic OH excluding ortho intramolecular Hbond substituents is 1. The van der Waals surface area contributed by atoms with E-state index < -0.39 is 34.4 Å². The van der Waals surface area contributed by atoms with Crippen molar-refractivity contribution in [2.45, 2.75) is 31.7 Å². The van der Waals surface area contributed by atoms with Crippen LogP contribution >= 0.6 is 0 Å². The van der Waals surface area contributed by atoms with Crippen molar-refractivity contribution in [1.82, 2.24) is 4.90 Å². The van der Waals surface area contributed by atoms with Crippen LogP contribution in [0.2, 0.25) is 0 Å². The quantitative estimate of drug-likeness (QED) is 0.130. The van der Waals surface area contributed by atoms with E-state index in [-0.39, 0.29) is 35.5 Å². The van der Waals surface area contributed by atoms with Gasteiger partial charge >= 0.3 is 5.97 Å². The number of carbonyl (C=O) groups is 3. The zero-order valence-corrected chi connectivity index (χ0v) is 17.5. The number of phenols is 1. The number of unbranched alkanes of at least 4 members (excludes halogenated alkanes) is 2. The van der Waals surface area contributed by atoms with Crippen molar-refractivity contribution in [3.8, 4) is 5.75 Å². The molecule has 3 rings (SSSR count). The number of nitro groups is 1. The number of rotatable bonds is 9. The highest BCUT2D eigenvalue weighted by Gasteiger charge is 2.45. The number of carboxylic acid groups (broad SMARTS) is 1. The number of aliphatic carboxylic acids is 1. The van der Waals surface area contributed by atoms with Gasteiger partial charge in [0.05, 0.1) is 16.5 Å². The largest absolute Gasteiger partial charge is 0.508 e. The maximum atomic E-state index is 12.9. The zero-order valence-electron chi connectivity index (χ0n) is 17.5. The molecule has 0 bridgehead atoms. The van der Waals surface area contributed by atoms with Crippen LogP contribution in [-0.2, 0) is 14.4 Å². The summed E-state index contributed by atoms with van der Waals surface area (Å²) >= 11 is 0. The van der Waals surface area contributed by atoms with Crippen LogP contribution in [0.5, 0.6) is 5.75 Å². The van der Waals surface area contributed by atoms with E-state index >= 15 is 0 Å². The van der Waals surface area contributed by atoms with Gasteiger partial charge in [-0.15, -0.1) is 0 Å². The number of benzene rings is 2. The highest BCUT2D eigenvalue weighted by Crippen LogP contribution is 2.40. The molecule has 10 heteroatoms. The minimum Gasteiger partial charge on any atom is -0.508 e. The van der Waals surface area contributed by atoms with E-state index in [0.29, 0.717) is 24.8 Å². The van der Waals surface area contributed by atoms with Gasteiger partial charge in [-0.3, -0.25) is 24.5 Å². The molecule has 0 aromatic heterocycles. The van der Waals surface area contributed by atoms with Crippen molar-refractivity contribution in [2.24, 2.45) is 0 Å². The molecule has 0 saturated carbocycles. The third-order valence-corrected chi connectivity index (χ3v) is 5.39. The number of hydrogen-bond acceptors (Lipinski definition) is 7. The molecule has 10 nitrogen and oxygen atoms in total. The molecule has 1 fully saturated rings. The van der Waals surface area contributed by atoms with Gasteiger partial charge in [0.1, 0.15) is 11.5 Å². The van der Waals surface area contributed by atoms with Crippen LogP contribution in [0.25, 0.3) is 5.76 Å². The van der Waals surface area contributed by atoms with Gasteiger partial charge in [-0.1, -0.05) is 18.6 Å². The topological polar surface area (TPSA) is 158 Å². The SMILES string of the molecule is O=C(O)CCCCCN1C(=O)C(=O)/C(=C(/O)c2ccc([N+](=O)[O-])cc2)C1c1ccc(O)cc1. The van der Waals surface area contributed by atoms with Crippen LogP contribution in [0.4, 0.5) is 5.69 Å². The number of carboxylic acids is 1. The minimum atomic E-state index is -0.930. The first-order valence-electron chi connectivity index (χ1n) is 10.2. The number of nitro benzene ring substituents is 1. The van der Waals surface area contributed by atoms with Gasteiger partial charge in [-0.2, -0.15) is 0 Å². The van der Waals surface area contributed by atoms with Gasteiger partial charge in [0.25, 0.3) is 17.4 Å². The third kappa shape index (κ3) is 5.17. The molecule has 1 heterocycles. The number of hydrogen-bond donors (Lipinski definition) is 3. The smallest absolute Gasteiger partial charge is 0.303 e. The number of likely N-dealkylation sites (tertiary alicyclic amines) is 1. The number of nitrogens with zero attached hydrogens (tertiary/aromatic N) is 2. The highest BCUT2D eigenvalue weighted by atomic mass is 16.6. The second-order valence-corrected chi connectivity index (χ2v) is 7.59. The summed E-state index contributed by atoms with van der Waals surface area (Å²) in [7, 11) is 0. The van der Waals surface area contributed by atoms with E-state index in [1.807, 2.05) is 0 Å². The number of aliphatic hydroxyl groups is 1. The Morgan fingerprint density at radius 1 is 0.970 bits per heavy atom. The molecule has 1 amide bonds. The van der Waals surface area contributed by atoms with Gasteiger partial charge in [0, 0.05) is 30.7 Å². The Balaban J connectivity index is 1.97. The summed E-state index contributed by atoms with van der Waals surface area (Å²) in [6.07, 6.45) is 1.40. The molecule has 0 aliphatic carbocycles. The van der Waals surface area contributed by atoms with E-state index in [4.69, 9.17) is 5.11 Å². The summed E-state index contributed by atoms with van der Waals surface area (Å²) in [6.45, 7) is 0.160. The van der Waals surface area contributed by atoms with Crippen LogP contribution in [0.1, 0.15) is 42.9 Å². The lowest BCUT2D eigenvalue weighted by atomic mass is 9.95. The molecular formula is C23H22N2O8. The van der Waals surface area contributed by atoms with E-state index in [1.54, 1.807) is 0 Å². The minimum absolute atomic E-state index is 0.000350. The van der Waals surface area contributed by atoms with Crippen molar-refractivity contribution in [1.29, 1.82) is 0 Å². The summed E-state index contributed by atoms with van der Waals surface area (Å²) in [5.41, 5.74) is 0.276. The van der Waals surface area contributed by atoms with E-state index in [0.717, 1.165) is 0 Å². The molecular weight excluding hydrogens is 432 g/mol. The van der Waals surface area contributed by atoms with Gasteiger partial charge in [-0.05, 0) is 42.7 Å². The Morgan fingerprint density at radius 3 is 2.18 bits per heavy atom. The van der Waals surface area contributed by atoms with Gasteiger partial charge < -0.3 is 20.2 Å². The molecule has 0 radical (unpaired) electrons. The lowest BCUT2D eigenvalue weighted by Crippen LogP contribution is -2.30. The van der Waals surface area contributed by atoms with Gasteiger partial charge in [0.15, 0.2) is 0 Å². The van der Waals surface area contributed by atoms with Crippen LogP contribution in [0, 0.1) is 10.1 Å². The lowest BCUT2D eigenvalue weighted by Gasteiger charge is -2.25. The number of ketones is 1. The van der Waals surface area contributed by atoms with E-state index in [2.05, 4.69) is 0 Å². The van der Waals surface area contributed by atoms with Gasteiger partial charge in [0.2, 0.25) is 0 Å². The molecule has 3 N–H and O–H groups in total. The Kier molecular flexibility index (Phi) is 7.07. The number of non-ortho nitro benzene ring substituents is 1. The predicted octanol–water partition coefficient (Wildman–Crippen LogP) is 3.37. The van der Waals surface area contributed by atoms with Crippen LogP contribution in [-0.4, -0.2) is 49.3 Å². The van der Waals surface area contributed by atoms with Gasteiger partial charge in [-0.25, -0.2) is 0 Å². The first-order chi connectivity index (χ1) is 15.7. The lowest BCUT2D eigenvalue weighted by molar-refractivity contribution is -0.384. The van der Waals surface area contributed by atoms with Crippen LogP contribution in [0.15, 0.2) is 54.1 Å². The first-order valence-corrected chi connectivity index (χ1v) is 10.2. The van der Waals surface area contributed by atoms with Crippen molar-refractivity contribution >= 4 is 29.1 Å². The maximum Gasteiger partial charge on any atom is 0.303 e. The second kappa shape index (κ2) is 9.94. The Hall–Kier alpha value is -4.21. The van der Waals surface area contributed by atoms with Crippen molar-refractivity contribution in [2.75, 3.05) is 6.54 Å². The number of amides is 1. The molecule has 2 aromatic rings. The number of carbonyl (C=O) groups excluding carboxylic acids is 2. The number of Topliss-reactive ketones (excluding diaryl/α,β-unsaturated/α-hetero) is 1. The fourth-order valence-corrected chi connectivity index (χ4v) is 3.75. The second-order valence-electron chi connectivity index (χ2n) is 7.59. The van der Waals surface area contributed by atoms with E-state index in [1.165, 1.54) is 53.4 Å². The Labute approximate surface area is 188 Å². The predicted molar refractivity (Wildman–Crippen MR) is 116 cm³/mol. The maximum absolute atomic E-state index is 12.9. The van der Waals surface area contributed by atoms with Crippen LogP contribution < -0.4 is 0 Å². The third-order valence-electron chi connectivity index (χ3n) is 5.39. The fourth-order valence-electron chi connectivity index (χ4n) is 3.75. The van der Waals surface area contributed by atoms with Crippen LogP contribution in [0.3, 0.4) is 0 Å². The standard InChI is InChI=1S/C23H22N2O8/c26-17-11-7-14(8-12-17)20-19(21(29)15-5-9-16(10-6-15)25(32)33)22(30)23(31)24(20)13-3-1-2-4-18(27)28/h5-12,20,26,29H,1-4,13H2,(H,27,28)/b21-19+. The number of aliphatic hydroxyl groups excluding tert-OH is 1. The molecule has 2 aromatic carbocycles. The fraction of sp³-hybridized carbons (Fsp3) is 0.261.